The Morgan fingerprint density at radius 1 is 1.09 bits per heavy atom. The number of hydrogen-bond acceptors (Lipinski definition) is 10. The summed E-state index contributed by atoms with van der Waals surface area (Å²) in [4.78, 5) is 24.9. The number of methoxy groups -OCH3 is 1. The van der Waals surface area contributed by atoms with Crippen molar-refractivity contribution in [1.82, 2.24) is 30.3 Å². The van der Waals surface area contributed by atoms with Crippen LogP contribution in [-0.2, 0) is 17.9 Å². The lowest BCUT2D eigenvalue weighted by molar-refractivity contribution is -0.113. The van der Waals surface area contributed by atoms with E-state index in [0.717, 1.165) is 22.9 Å². The molecule has 2 heterocycles. The van der Waals surface area contributed by atoms with Crippen molar-refractivity contribution in [3.63, 3.8) is 0 Å². The molecule has 0 unspecified atom stereocenters. The lowest BCUT2D eigenvalue weighted by atomic mass is 10.2. The Morgan fingerprint density at radius 3 is 2.59 bits per heavy atom. The number of thioether (sulfide) groups is 2. The van der Waals surface area contributed by atoms with Crippen LogP contribution in [0.15, 0.2) is 33.8 Å². The maximum atomic E-state index is 12.5. The number of nitrogens with zero attached hydrogens (tertiary/aromatic N) is 5. The highest BCUT2D eigenvalue weighted by Crippen LogP contribution is 2.25. The second kappa shape index (κ2) is 13.3. The SMILES string of the molecule is CCCCn1c(CNC(=O)c2ccc(OC)cc2)nnc1SCC(=O)Nc1nnc(SCC)s1. The normalized spacial score (nSPS) is 10.8. The molecule has 182 valence electrons. The summed E-state index contributed by atoms with van der Waals surface area (Å²) in [7, 11) is 1.58. The predicted octanol–water partition coefficient (Wildman–Crippen LogP) is 3.71. The van der Waals surface area contributed by atoms with Gasteiger partial charge in [0.15, 0.2) is 15.3 Å². The van der Waals surface area contributed by atoms with Gasteiger partial charge >= 0.3 is 0 Å². The number of hydrogen-bond donors (Lipinski definition) is 2. The number of aromatic nitrogens is 5. The lowest BCUT2D eigenvalue weighted by Crippen LogP contribution is -2.25. The molecule has 0 saturated heterocycles. The number of nitrogens with one attached hydrogen (secondary N) is 2. The summed E-state index contributed by atoms with van der Waals surface area (Å²) in [6.07, 6.45) is 1.93. The molecule has 0 aliphatic heterocycles. The fraction of sp³-hybridized carbons (Fsp3) is 0.429. The van der Waals surface area contributed by atoms with Crippen molar-refractivity contribution in [2.24, 2.45) is 0 Å². The van der Waals surface area contributed by atoms with Crippen molar-refractivity contribution < 1.29 is 14.3 Å². The summed E-state index contributed by atoms with van der Waals surface area (Å²) < 4.78 is 7.91. The maximum absolute atomic E-state index is 12.5. The predicted molar refractivity (Wildman–Crippen MR) is 135 cm³/mol. The van der Waals surface area contributed by atoms with Crippen molar-refractivity contribution in [3.8, 4) is 5.75 Å². The molecule has 1 aromatic carbocycles. The Bertz CT molecular complexity index is 1090. The third-order valence-corrected chi connectivity index (χ3v) is 7.36. The highest BCUT2D eigenvalue weighted by molar-refractivity contribution is 8.01. The molecule has 0 bridgehead atoms. The topological polar surface area (TPSA) is 124 Å². The van der Waals surface area contributed by atoms with E-state index in [1.54, 1.807) is 43.1 Å². The first-order valence-corrected chi connectivity index (χ1v) is 13.6. The quantitative estimate of drug-likeness (QED) is 0.256. The third kappa shape index (κ3) is 7.43. The number of anilines is 1. The molecule has 2 N–H and O–H groups in total. The van der Waals surface area contributed by atoms with Crippen LogP contribution in [0.25, 0.3) is 0 Å². The van der Waals surface area contributed by atoms with Crippen LogP contribution in [0.5, 0.6) is 5.75 Å². The monoisotopic (exact) mass is 521 g/mol. The lowest BCUT2D eigenvalue weighted by Gasteiger charge is -2.10. The molecule has 3 aromatic rings. The molecule has 0 aliphatic rings. The van der Waals surface area contributed by atoms with E-state index < -0.39 is 0 Å². The van der Waals surface area contributed by atoms with Gasteiger partial charge in [0.25, 0.3) is 5.91 Å². The Labute approximate surface area is 210 Å². The van der Waals surface area contributed by atoms with E-state index in [1.807, 2.05) is 11.5 Å². The minimum absolute atomic E-state index is 0.165. The summed E-state index contributed by atoms with van der Waals surface area (Å²) in [6.45, 7) is 5.07. The minimum Gasteiger partial charge on any atom is -0.497 e. The summed E-state index contributed by atoms with van der Waals surface area (Å²) >= 11 is 4.24. The van der Waals surface area contributed by atoms with Gasteiger partial charge in [-0.3, -0.25) is 14.9 Å². The van der Waals surface area contributed by atoms with Gasteiger partial charge in [-0.25, -0.2) is 0 Å². The standard InChI is InChI=1S/C21H27N7O3S3/c1-4-6-11-28-16(12-22-18(30)14-7-9-15(31-3)10-8-14)24-26-20(28)33-13-17(29)23-19-25-27-21(34-19)32-5-2/h7-10H,4-6,11-13H2,1-3H3,(H,22,30)(H,23,25,29). The van der Waals surface area contributed by atoms with Crippen molar-refractivity contribution in [2.75, 3.05) is 23.9 Å². The molecular formula is C21H27N7O3S3. The zero-order valence-electron chi connectivity index (χ0n) is 19.2. The Balaban J connectivity index is 1.58. The molecule has 0 saturated carbocycles. The summed E-state index contributed by atoms with van der Waals surface area (Å²) in [6, 6.07) is 6.89. The number of carbonyl (C=O) groups excluding carboxylic acids is 2. The van der Waals surface area contributed by atoms with Crippen LogP contribution >= 0.6 is 34.9 Å². The number of amides is 2. The van der Waals surface area contributed by atoms with E-state index >= 15 is 0 Å². The first-order valence-electron chi connectivity index (χ1n) is 10.8. The zero-order valence-corrected chi connectivity index (χ0v) is 21.7. The van der Waals surface area contributed by atoms with Crippen molar-refractivity contribution in [3.05, 3.63) is 35.7 Å². The summed E-state index contributed by atoms with van der Waals surface area (Å²) in [5, 5.41) is 23.3. The summed E-state index contributed by atoms with van der Waals surface area (Å²) in [5.74, 6) is 2.00. The largest absolute Gasteiger partial charge is 0.497 e. The number of ether oxygens (including phenoxy) is 1. The van der Waals surface area contributed by atoms with Crippen LogP contribution in [0.1, 0.15) is 42.9 Å². The minimum atomic E-state index is -0.209. The van der Waals surface area contributed by atoms with Crippen LogP contribution in [0.3, 0.4) is 0 Å². The molecular weight excluding hydrogens is 494 g/mol. The van der Waals surface area contributed by atoms with Gasteiger partial charge < -0.3 is 14.6 Å². The highest BCUT2D eigenvalue weighted by atomic mass is 32.2. The molecule has 0 aliphatic carbocycles. The second-order valence-electron chi connectivity index (χ2n) is 6.96. The van der Waals surface area contributed by atoms with E-state index in [-0.39, 0.29) is 24.1 Å². The zero-order chi connectivity index (χ0) is 24.3. The molecule has 13 heteroatoms. The second-order valence-corrected chi connectivity index (χ2v) is 10.4. The van der Waals surface area contributed by atoms with Crippen LogP contribution < -0.4 is 15.4 Å². The molecule has 10 nitrogen and oxygen atoms in total. The molecule has 2 amide bonds. The number of rotatable bonds is 13. The van der Waals surface area contributed by atoms with Crippen LogP contribution in [0, 0.1) is 0 Å². The molecule has 0 radical (unpaired) electrons. The van der Waals surface area contributed by atoms with Gasteiger partial charge in [0.05, 0.1) is 19.4 Å². The van der Waals surface area contributed by atoms with Gasteiger partial charge in [-0.2, -0.15) is 0 Å². The number of carbonyl (C=O) groups is 2. The molecule has 0 spiro atoms. The molecule has 3 rings (SSSR count). The van der Waals surface area contributed by atoms with E-state index in [0.29, 0.717) is 34.0 Å². The first kappa shape index (κ1) is 26.0. The Kier molecular flexibility index (Phi) is 10.2. The molecule has 2 aromatic heterocycles. The van der Waals surface area contributed by atoms with E-state index in [9.17, 15) is 9.59 Å². The maximum Gasteiger partial charge on any atom is 0.251 e. The van der Waals surface area contributed by atoms with Crippen LogP contribution in [-0.4, -0.2) is 55.4 Å². The van der Waals surface area contributed by atoms with Gasteiger partial charge in [-0.05, 0) is 36.4 Å². The highest BCUT2D eigenvalue weighted by Gasteiger charge is 2.16. The van der Waals surface area contributed by atoms with Crippen molar-refractivity contribution >= 4 is 51.8 Å². The average molecular weight is 522 g/mol. The first-order chi connectivity index (χ1) is 16.5. The van der Waals surface area contributed by atoms with Gasteiger partial charge in [-0.1, -0.05) is 55.1 Å². The van der Waals surface area contributed by atoms with E-state index in [2.05, 4.69) is 38.0 Å². The van der Waals surface area contributed by atoms with Gasteiger partial charge in [0.2, 0.25) is 11.0 Å². The average Bonchev–Trinajstić information content (AvgIpc) is 3.46. The Hall–Kier alpha value is -2.64. The van der Waals surface area contributed by atoms with Gasteiger partial charge in [0, 0.05) is 12.1 Å². The molecule has 0 fully saturated rings. The van der Waals surface area contributed by atoms with Crippen molar-refractivity contribution in [1.29, 1.82) is 0 Å². The van der Waals surface area contributed by atoms with E-state index in [1.165, 1.54) is 23.1 Å². The number of unbranched alkanes of at least 4 members (excludes halogenated alkanes) is 1. The van der Waals surface area contributed by atoms with Crippen LogP contribution in [0.2, 0.25) is 0 Å². The smallest absolute Gasteiger partial charge is 0.251 e. The molecule has 34 heavy (non-hydrogen) atoms. The van der Waals surface area contributed by atoms with Gasteiger partial charge in [-0.15, -0.1) is 20.4 Å². The third-order valence-electron chi connectivity index (χ3n) is 4.54. The van der Waals surface area contributed by atoms with E-state index in [4.69, 9.17) is 4.74 Å². The number of benzene rings is 1. The van der Waals surface area contributed by atoms with Crippen molar-refractivity contribution in [2.45, 2.75) is 49.3 Å². The molecule has 0 atom stereocenters. The Morgan fingerprint density at radius 2 is 1.88 bits per heavy atom. The summed E-state index contributed by atoms with van der Waals surface area (Å²) in [5.41, 5.74) is 0.531. The fourth-order valence-corrected chi connectivity index (χ4v) is 5.28. The van der Waals surface area contributed by atoms with Gasteiger partial charge in [0.1, 0.15) is 5.75 Å². The van der Waals surface area contributed by atoms with Crippen LogP contribution in [0.4, 0.5) is 5.13 Å². The fourth-order valence-electron chi connectivity index (χ4n) is 2.83.